The second-order valence-electron chi connectivity index (χ2n) is 4.86. The van der Waals surface area contributed by atoms with Crippen LogP contribution in [0.2, 0.25) is 0 Å². The third-order valence-corrected chi connectivity index (χ3v) is 2.32. The summed E-state index contributed by atoms with van der Waals surface area (Å²) in [6.45, 7) is 7.12. The molecule has 0 rings (SSSR count). The number of hydrogen-bond donors (Lipinski definition) is 2. The highest BCUT2D eigenvalue weighted by atomic mass is 16.2. The molecule has 0 aromatic carbocycles. The molecule has 0 bridgehead atoms. The van der Waals surface area contributed by atoms with Crippen LogP contribution in [0.25, 0.3) is 0 Å². The lowest BCUT2D eigenvalue weighted by Crippen LogP contribution is -2.42. The highest BCUT2D eigenvalue weighted by Crippen LogP contribution is 1.90. The van der Waals surface area contributed by atoms with E-state index in [1.165, 1.54) is 4.90 Å². The van der Waals surface area contributed by atoms with Gasteiger partial charge in [-0.1, -0.05) is 13.8 Å². The SMILES string of the molecule is CC(C)CNC(=O)CCNC(C)C(=O)N(C)C. The second-order valence-corrected chi connectivity index (χ2v) is 4.86. The van der Waals surface area contributed by atoms with E-state index in [-0.39, 0.29) is 17.9 Å². The van der Waals surface area contributed by atoms with Crippen LogP contribution in [-0.2, 0) is 9.59 Å². The topological polar surface area (TPSA) is 61.4 Å². The maximum absolute atomic E-state index is 11.5. The summed E-state index contributed by atoms with van der Waals surface area (Å²) in [7, 11) is 3.44. The smallest absolute Gasteiger partial charge is 0.238 e. The predicted octanol–water partition coefficient (Wildman–Crippen LogP) is 0.215. The van der Waals surface area contributed by atoms with E-state index in [4.69, 9.17) is 0 Å². The van der Waals surface area contributed by atoms with Gasteiger partial charge in [-0.2, -0.15) is 0 Å². The van der Waals surface area contributed by atoms with Gasteiger partial charge in [0.1, 0.15) is 0 Å². The van der Waals surface area contributed by atoms with Crippen molar-refractivity contribution in [2.45, 2.75) is 33.2 Å². The first-order valence-electron chi connectivity index (χ1n) is 6.05. The summed E-state index contributed by atoms with van der Waals surface area (Å²) in [5, 5.41) is 5.86. The number of nitrogens with zero attached hydrogens (tertiary/aromatic N) is 1. The number of likely N-dealkylation sites (N-methyl/N-ethyl adjacent to an activating group) is 1. The van der Waals surface area contributed by atoms with Gasteiger partial charge in [-0.3, -0.25) is 9.59 Å². The van der Waals surface area contributed by atoms with Crippen LogP contribution < -0.4 is 10.6 Å². The van der Waals surface area contributed by atoms with Crippen LogP contribution in [0.4, 0.5) is 0 Å². The molecule has 5 heteroatoms. The van der Waals surface area contributed by atoms with Crippen LogP contribution >= 0.6 is 0 Å². The van der Waals surface area contributed by atoms with Gasteiger partial charge in [-0.25, -0.2) is 0 Å². The fraction of sp³-hybridized carbons (Fsp3) is 0.833. The van der Waals surface area contributed by atoms with Gasteiger partial charge in [-0.15, -0.1) is 0 Å². The Morgan fingerprint density at radius 2 is 1.76 bits per heavy atom. The summed E-state index contributed by atoms with van der Waals surface area (Å²) in [6, 6.07) is -0.247. The molecule has 0 aliphatic heterocycles. The van der Waals surface area contributed by atoms with Crippen molar-refractivity contribution >= 4 is 11.8 Å². The van der Waals surface area contributed by atoms with E-state index in [2.05, 4.69) is 24.5 Å². The van der Waals surface area contributed by atoms with Crippen molar-refractivity contribution in [2.75, 3.05) is 27.2 Å². The zero-order valence-corrected chi connectivity index (χ0v) is 11.5. The molecule has 0 aliphatic rings. The average molecular weight is 243 g/mol. The number of nitrogens with one attached hydrogen (secondary N) is 2. The van der Waals surface area contributed by atoms with Gasteiger partial charge in [0.2, 0.25) is 11.8 Å². The van der Waals surface area contributed by atoms with Crippen LogP contribution in [0.5, 0.6) is 0 Å². The maximum Gasteiger partial charge on any atom is 0.238 e. The van der Waals surface area contributed by atoms with Gasteiger partial charge >= 0.3 is 0 Å². The molecule has 0 saturated heterocycles. The Hall–Kier alpha value is -1.10. The third kappa shape index (κ3) is 7.74. The van der Waals surface area contributed by atoms with Gasteiger partial charge in [0.15, 0.2) is 0 Å². The minimum absolute atomic E-state index is 0.0209. The van der Waals surface area contributed by atoms with Crippen molar-refractivity contribution in [3.05, 3.63) is 0 Å². The summed E-state index contributed by atoms with van der Waals surface area (Å²) < 4.78 is 0. The number of rotatable bonds is 7. The molecule has 0 heterocycles. The molecule has 0 aromatic rings. The largest absolute Gasteiger partial charge is 0.356 e. The fourth-order valence-electron chi connectivity index (χ4n) is 1.28. The van der Waals surface area contributed by atoms with Crippen molar-refractivity contribution in [1.82, 2.24) is 15.5 Å². The van der Waals surface area contributed by atoms with Crippen LogP contribution in [0.3, 0.4) is 0 Å². The van der Waals surface area contributed by atoms with Gasteiger partial charge in [0, 0.05) is 33.6 Å². The van der Waals surface area contributed by atoms with E-state index >= 15 is 0 Å². The van der Waals surface area contributed by atoms with Crippen LogP contribution in [0, 0.1) is 5.92 Å². The van der Waals surface area contributed by atoms with Crippen molar-refractivity contribution in [2.24, 2.45) is 5.92 Å². The molecule has 0 fully saturated rings. The van der Waals surface area contributed by atoms with Crippen LogP contribution in [0.1, 0.15) is 27.2 Å². The lowest BCUT2D eigenvalue weighted by Gasteiger charge is -2.17. The Morgan fingerprint density at radius 1 is 1.18 bits per heavy atom. The first-order valence-corrected chi connectivity index (χ1v) is 6.05. The van der Waals surface area contributed by atoms with E-state index in [0.717, 1.165) is 0 Å². The molecule has 100 valence electrons. The Morgan fingerprint density at radius 3 is 2.24 bits per heavy atom. The standard InChI is InChI=1S/C12H25N3O2/c1-9(2)8-14-11(16)6-7-13-10(3)12(17)15(4)5/h9-10,13H,6-8H2,1-5H3,(H,14,16). The summed E-state index contributed by atoms with van der Waals surface area (Å²) in [5.74, 6) is 0.504. The monoisotopic (exact) mass is 243 g/mol. The van der Waals surface area contributed by atoms with E-state index in [1.807, 2.05) is 0 Å². The van der Waals surface area contributed by atoms with Crippen molar-refractivity contribution < 1.29 is 9.59 Å². The maximum atomic E-state index is 11.5. The van der Waals surface area contributed by atoms with E-state index in [9.17, 15) is 9.59 Å². The van der Waals surface area contributed by atoms with Gasteiger partial charge in [-0.05, 0) is 12.8 Å². The quantitative estimate of drug-likeness (QED) is 0.672. The molecular weight excluding hydrogens is 218 g/mol. The molecule has 1 unspecified atom stereocenters. The lowest BCUT2D eigenvalue weighted by atomic mass is 10.2. The molecule has 0 saturated carbocycles. The highest BCUT2D eigenvalue weighted by molar-refractivity contribution is 5.81. The minimum atomic E-state index is -0.247. The summed E-state index contributed by atoms with van der Waals surface area (Å²) in [5.41, 5.74) is 0. The summed E-state index contributed by atoms with van der Waals surface area (Å²) in [6.07, 6.45) is 0.401. The normalized spacial score (nSPS) is 12.4. The third-order valence-electron chi connectivity index (χ3n) is 2.32. The fourth-order valence-corrected chi connectivity index (χ4v) is 1.28. The summed E-state index contributed by atoms with van der Waals surface area (Å²) in [4.78, 5) is 24.4. The van der Waals surface area contributed by atoms with E-state index in [0.29, 0.717) is 25.4 Å². The Labute approximate surface area is 104 Å². The second kappa shape index (κ2) is 8.06. The molecule has 0 aliphatic carbocycles. The molecule has 0 radical (unpaired) electrons. The first-order chi connectivity index (χ1) is 7.84. The van der Waals surface area contributed by atoms with Crippen LogP contribution in [-0.4, -0.2) is 49.9 Å². The molecule has 0 spiro atoms. The van der Waals surface area contributed by atoms with Crippen molar-refractivity contribution in [1.29, 1.82) is 0 Å². The molecule has 2 N–H and O–H groups in total. The number of carbonyl (C=O) groups is 2. The van der Waals surface area contributed by atoms with Crippen molar-refractivity contribution in [3.8, 4) is 0 Å². The molecule has 17 heavy (non-hydrogen) atoms. The average Bonchev–Trinajstić information content (AvgIpc) is 2.24. The highest BCUT2D eigenvalue weighted by Gasteiger charge is 2.13. The Balaban J connectivity index is 3.69. The first kappa shape index (κ1) is 15.9. The zero-order chi connectivity index (χ0) is 13.4. The van der Waals surface area contributed by atoms with Gasteiger partial charge in [0.25, 0.3) is 0 Å². The van der Waals surface area contributed by atoms with Gasteiger partial charge < -0.3 is 15.5 Å². The number of hydrogen-bond acceptors (Lipinski definition) is 3. The molecule has 0 aromatic heterocycles. The lowest BCUT2D eigenvalue weighted by molar-refractivity contribution is -0.130. The molecular formula is C12H25N3O2. The van der Waals surface area contributed by atoms with Crippen LogP contribution in [0.15, 0.2) is 0 Å². The molecule has 5 nitrogen and oxygen atoms in total. The zero-order valence-electron chi connectivity index (χ0n) is 11.5. The van der Waals surface area contributed by atoms with E-state index < -0.39 is 0 Å². The minimum Gasteiger partial charge on any atom is -0.356 e. The predicted molar refractivity (Wildman–Crippen MR) is 68.6 cm³/mol. The number of carbonyl (C=O) groups excluding carboxylic acids is 2. The Kier molecular flexibility index (Phi) is 7.54. The molecule has 1 atom stereocenters. The summed E-state index contributed by atoms with van der Waals surface area (Å²) >= 11 is 0. The number of amides is 2. The Bertz CT molecular complexity index is 252. The van der Waals surface area contributed by atoms with Crippen molar-refractivity contribution in [3.63, 3.8) is 0 Å². The molecule has 2 amide bonds. The van der Waals surface area contributed by atoms with E-state index in [1.54, 1.807) is 21.0 Å². The van der Waals surface area contributed by atoms with Gasteiger partial charge in [0.05, 0.1) is 6.04 Å².